The number of aromatic amines is 1. The molecule has 1 saturated heterocycles. The van der Waals surface area contributed by atoms with Gasteiger partial charge in [-0.15, -0.1) is 0 Å². The Hall–Kier alpha value is -2.47. The minimum atomic E-state index is 0.555. The fourth-order valence-electron chi connectivity index (χ4n) is 2.99. The fourth-order valence-corrected chi connectivity index (χ4v) is 2.99. The monoisotopic (exact) mass is 309 g/mol. The van der Waals surface area contributed by atoms with Crippen LogP contribution in [0.1, 0.15) is 12.8 Å². The lowest BCUT2D eigenvalue weighted by molar-refractivity contribution is 0.0595. The SMILES string of the molecule is c1cnc2[nH]cc(-c3cc(NCC4CCCOC4)ncn3)c2c1. The Morgan fingerprint density at radius 2 is 2.30 bits per heavy atom. The molecule has 0 radical (unpaired) electrons. The third-order valence-corrected chi connectivity index (χ3v) is 4.22. The fraction of sp³-hybridized carbons (Fsp3) is 0.353. The van der Waals surface area contributed by atoms with Gasteiger partial charge >= 0.3 is 0 Å². The molecule has 0 spiro atoms. The van der Waals surface area contributed by atoms with E-state index >= 15 is 0 Å². The summed E-state index contributed by atoms with van der Waals surface area (Å²) in [7, 11) is 0. The van der Waals surface area contributed by atoms with E-state index in [0.717, 1.165) is 54.3 Å². The number of hydrogen-bond donors (Lipinski definition) is 2. The van der Waals surface area contributed by atoms with Crippen LogP contribution >= 0.6 is 0 Å². The summed E-state index contributed by atoms with van der Waals surface area (Å²) < 4.78 is 5.52. The predicted octanol–water partition coefficient (Wildman–Crippen LogP) is 2.86. The quantitative estimate of drug-likeness (QED) is 0.775. The van der Waals surface area contributed by atoms with Crippen molar-refractivity contribution in [3.63, 3.8) is 0 Å². The van der Waals surface area contributed by atoms with Crippen LogP contribution in [-0.4, -0.2) is 39.7 Å². The Morgan fingerprint density at radius 3 is 3.22 bits per heavy atom. The number of nitrogens with one attached hydrogen (secondary N) is 2. The Bertz CT molecular complexity index is 794. The summed E-state index contributed by atoms with van der Waals surface area (Å²) in [5.41, 5.74) is 2.80. The first-order valence-corrected chi connectivity index (χ1v) is 7.96. The Labute approximate surface area is 134 Å². The molecule has 23 heavy (non-hydrogen) atoms. The second-order valence-electron chi connectivity index (χ2n) is 5.85. The van der Waals surface area contributed by atoms with Crippen molar-refractivity contribution in [1.82, 2.24) is 19.9 Å². The van der Waals surface area contributed by atoms with Gasteiger partial charge in [-0.05, 0) is 30.9 Å². The summed E-state index contributed by atoms with van der Waals surface area (Å²) in [6.45, 7) is 2.60. The van der Waals surface area contributed by atoms with E-state index in [1.54, 1.807) is 12.5 Å². The number of rotatable bonds is 4. The van der Waals surface area contributed by atoms with Crippen LogP contribution in [0.5, 0.6) is 0 Å². The molecule has 6 heteroatoms. The van der Waals surface area contributed by atoms with E-state index in [1.807, 2.05) is 24.4 Å². The lowest BCUT2D eigenvalue weighted by Crippen LogP contribution is -2.24. The van der Waals surface area contributed by atoms with Crippen molar-refractivity contribution in [1.29, 1.82) is 0 Å². The third-order valence-electron chi connectivity index (χ3n) is 4.22. The Kier molecular flexibility index (Phi) is 3.90. The molecule has 1 aliphatic rings. The number of ether oxygens (including phenoxy) is 1. The zero-order valence-electron chi connectivity index (χ0n) is 12.8. The Morgan fingerprint density at radius 1 is 1.30 bits per heavy atom. The standard InChI is InChI=1S/C17H19N5O/c1-4-13-14(9-20-17(13)18-5-1)15-7-16(22-11-21-15)19-8-12-3-2-6-23-10-12/h1,4-5,7,9,11-12H,2-3,6,8,10H2,(H,18,20)(H,19,21,22). The highest BCUT2D eigenvalue weighted by Gasteiger charge is 2.14. The van der Waals surface area contributed by atoms with Gasteiger partial charge in [-0.25, -0.2) is 15.0 Å². The van der Waals surface area contributed by atoms with Crippen LogP contribution < -0.4 is 5.32 Å². The van der Waals surface area contributed by atoms with Crippen molar-refractivity contribution in [3.8, 4) is 11.3 Å². The summed E-state index contributed by atoms with van der Waals surface area (Å²) in [6.07, 6.45) is 7.67. The smallest absolute Gasteiger partial charge is 0.137 e. The molecule has 1 atom stereocenters. The molecule has 1 fully saturated rings. The van der Waals surface area contributed by atoms with Crippen LogP contribution in [-0.2, 0) is 4.74 Å². The summed E-state index contributed by atoms with van der Waals surface area (Å²) >= 11 is 0. The van der Waals surface area contributed by atoms with E-state index in [1.165, 1.54) is 6.42 Å². The van der Waals surface area contributed by atoms with E-state index in [9.17, 15) is 0 Å². The van der Waals surface area contributed by atoms with Crippen molar-refractivity contribution in [2.45, 2.75) is 12.8 Å². The number of nitrogens with zero attached hydrogens (tertiary/aromatic N) is 3. The molecular weight excluding hydrogens is 290 g/mol. The number of hydrogen-bond acceptors (Lipinski definition) is 5. The van der Waals surface area contributed by atoms with Crippen molar-refractivity contribution in [2.24, 2.45) is 5.92 Å². The maximum absolute atomic E-state index is 5.52. The lowest BCUT2D eigenvalue weighted by atomic mass is 10.0. The van der Waals surface area contributed by atoms with E-state index < -0.39 is 0 Å². The number of aromatic nitrogens is 4. The molecule has 6 nitrogen and oxygen atoms in total. The number of fused-ring (bicyclic) bond motifs is 1. The molecule has 0 saturated carbocycles. The first-order valence-electron chi connectivity index (χ1n) is 7.96. The minimum absolute atomic E-state index is 0.555. The van der Waals surface area contributed by atoms with Gasteiger partial charge in [0.2, 0.25) is 0 Å². The molecule has 2 N–H and O–H groups in total. The van der Waals surface area contributed by atoms with E-state index in [2.05, 4.69) is 25.3 Å². The molecule has 0 amide bonds. The number of pyridine rings is 1. The molecule has 1 aliphatic heterocycles. The first kappa shape index (κ1) is 14.1. The molecule has 0 aromatic carbocycles. The van der Waals surface area contributed by atoms with Gasteiger partial charge in [0.1, 0.15) is 17.8 Å². The van der Waals surface area contributed by atoms with Gasteiger partial charge in [0, 0.05) is 42.6 Å². The van der Waals surface area contributed by atoms with Gasteiger partial charge in [-0.1, -0.05) is 0 Å². The highest BCUT2D eigenvalue weighted by molar-refractivity contribution is 5.92. The molecule has 3 aromatic rings. The van der Waals surface area contributed by atoms with Crippen LogP contribution in [0.3, 0.4) is 0 Å². The lowest BCUT2D eigenvalue weighted by Gasteiger charge is -2.22. The van der Waals surface area contributed by atoms with Crippen molar-refractivity contribution >= 4 is 16.9 Å². The molecule has 0 bridgehead atoms. The topological polar surface area (TPSA) is 75.7 Å². The summed E-state index contributed by atoms with van der Waals surface area (Å²) in [6, 6.07) is 5.96. The molecule has 4 rings (SSSR count). The van der Waals surface area contributed by atoms with Gasteiger partial charge in [0.25, 0.3) is 0 Å². The average molecular weight is 309 g/mol. The van der Waals surface area contributed by atoms with Crippen LogP contribution in [0.4, 0.5) is 5.82 Å². The third kappa shape index (κ3) is 3.03. The normalized spacial score (nSPS) is 18.2. The molecule has 4 heterocycles. The second-order valence-corrected chi connectivity index (χ2v) is 5.85. The van der Waals surface area contributed by atoms with Crippen LogP contribution in [0, 0.1) is 5.92 Å². The van der Waals surface area contributed by atoms with Gasteiger partial charge in [-0.2, -0.15) is 0 Å². The molecular formula is C17H19N5O. The molecule has 1 unspecified atom stereocenters. The van der Waals surface area contributed by atoms with Crippen LogP contribution in [0.15, 0.2) is 36.9 Å². The zero-order chi connectivity index (χ0) is 15.5. The van der Waals surface area contributed by atoms with Gasteiger partial charge in [0.15, 0.2) is 0 Å². The maximum atomic E-state index is 5.52. The van der Waals surface area contributed by atoms with Crippen LogP contribution in [0.2, 0.25) is 0 Å². The Balaban J connectivity index is 1.54. The summed E-state index contributed by atoms with van der Waals surface area (Å²) in [4.78, 5) is 16.2. The molecule has 0 aliphatic carbocycles. The summed E-state index contributed by atoms with van der Waals surface area (Å²) in [5, 5.41) is 4.48. The van der Waals surface area contributed by atoms with E-state index in [4.69, 9.17) is 4.74 Å². The predicted molar refractivity (Wildman–Crippen MR) is 89.2 cm³/mol. The van der Waals surface area contributed by atoms with Crippen molar-refractivity contribution in [2.75, 3.05) is 25.1 Å². The van der Waals surface area contributed by atoms with E-state index in [0.29, 0.717) is 5.92 Å². The van der Waals surface area contributed by atoms with E-state index in [-0.39, 0.29) is 0 Å². The largest absolute Gasteiger partial charge is 0.381 e. The minimum Gasteiger partial charge on any atom is -0.381 e. The molecule has 118 valence electrons. The number of H-pyrrole nitrogens is 1. The van der Waals surface area contributed by atoms with Gasteiger partial charge in [-0.3, -0.25) is 0 Å². The van der Waals surface area contributed by atoms with Crippen molar-refractivity contribution < 1.29 is 4.74 Å². The summed E-state index contributed by atoms with van der Waals surface area (Å²) in [5.74, 6) is 1.40. The van der Waals surface area contributed by atoms with Gasteiger partial charge < -0.3 is 15.0 Å². The number of anilines is 1. The zero-order valence-corrected chi connectivity index (χ0v) is 12.8. The average Bonchev–Trinajstić information content (AvgIpc) is 3.05. The second kappa shape index (κ2) is 6.34. The highest BCUT2D eigenvalue weighted by Crippen LogP contribution is 2.26. The maximum Gasteiger partial charge on any atom is 0.137 e. The van der Waals surface area contributed by atoms with Gasteiger partial charge in [0.05, 0.1) is 12.3 Å². The van der Waals surface area contributed by atoms with Crippen LogP contribution in [0.25, 0.3) is 22.3 Å². The first-order chi connectivity index (χ1) is 11.4. The highest BCUT2D eigenvalue weighted by atomic mass is 16.5. The molecule has 3 aromatic heterocycles. The van der Waals surface area contributed by atoms with Crippen molar-refractivity contribution in [3.05, 3.63) is 36.9 Å².